The Morgan fingerprint density at radius 2 is 1.31 bits per heavy atom. The van der Waals surface area contributed by atoms with Crippen molar-refractivity contribution < 1.29 is 9.59 Å². The van der Waals surface area contributed by atoms with Gasteiger partial charge < -0.3 is 0 Å². The molecule has 0 aromatic carbocycles. The van der Waals surface area contributed by atoms with E-state index in [-0.39, 0.29) is 23.7 Å². The first-order valence-corrected chi connectivity index (χ1v) is 4.87. The third-order valence-electron chi connectivity index (χ3n) is 2.73. The summed E-state index contributed by atoms with van der Waals surface area (Å²) >= 11 is 0. The van der Waals surface area contributed by atoms with E-state index in [0.717, 1.165) is 32.1 Å². The molecule has 4 heteroatoms. The van der Waals surface area contributed by atoms with Crippen LogP contribution in [0.15, 0.2) is 0 Å². The van der Waals surface area contributed by atoms with E-state index in [1.54, 1.807) is 0 Å². The molecule has 0 aromatic rings. The van der Waals surface area contributed by atoms with Crippen molar-refractivity contribution in [3.05, 3.63) is 0 Å². The zero-order valence-corrected chi connectivity index (χ0v) is 7.51. The summed E-state index contributed by atoms with van der Waals surface area (Å²) in [6.45, 7) is 0. The lowest BCUT2D eigenvalue weighted by Crippen LogP contribution is -2.46. The van der Waals surface area contributed by atoms with Crippen LogP contribution < -0.4 is 10.9 Å². The van der Waals surface area contributed by atoms with Crippen LogP contribution in [-0.2, 0) is 9.59 Å². The van der Waals surface area contributed by atoms with Crippen LogP contribution in [0.5, 0.6) is 0 Å². The van der Waals surface area contributed by atoms with Gasteiger partial charge in [0.2, 0.25) is 11.8 Å². The Morgan fingerprint density at radius 1 is 0.846 bits per heavy atom. The first-order valence-electron chi connectivity index (χ1n) is 4.87. The SMILES string of the molecule is O=C(NNC(=O)C1CC1)C1CCC1. The van der Waals surface area contributed by atoms with E-state index in [1.807, 2.05) is 0 Å². The first-order chi connectivity index (χ1) is 6.27. The van der Waals surface area contributed by atoms with E-state index in [2.05, 4.69) is 10.9 Å². The van der Waals surface area contributed by atoms with Crippen LogP contribution in [0.2, 0.25) is 0 Å². The van der Waals surface area contributed by atoms with Crippen LogP contribution in [-0.4, -0.2) is 11.8 Å². The molecule has 0 radical (unpaired) electrons. The molecule has 0 aliphatic heterocycles. The summed E-state index contributed by atoms with van der Waals surface area (Å²) in [5.74, 6) is 0.231. The van der Waals surface area contributed by atoms with Crippen molar-refractivity contribution in [2.45, 2.75) is 32.1 Å². The van der Waals surface area contributed by atoms with Gasteiger partial charge in [-0.25, -0.2) is 0 Å². The quantitative estimate of drug-likeness (QED) is 0.605. The molecule has 2 N–H and O–H groups in total. The van der Waals surface area contributed by atoms with E-state index in [0.29, 0.717) is 0 Å². The molecule has 72 valence electrons. The second kappa shape index (κ2) is 3.36. The van der Waals surface area contributed by atoms with Gasteiger partial charge in [0.05, 0.1) is 0 Å². The van der Waals surface area contributed by atoms with Gasteiger partial charge in [-0.1, -0.05) is 6.42 Å². The van der Waals surface area contributed by atoms with Gasteiger partial charge in [0.15, 0.2) is 0 Å². The highest BCUT2D eigenvalue weighted by Gasteiger charge is 2.31. The summed E-state index contributed by atoms with van der Waals surface area (Å²) in [6.07, 6.45) is 4.99. The van der Waals surface area contributed by atoms with Gasteiger partial charge in [0.25, 0.3) is 0 Å². The molecule has 0 heterocycles. The molecular formula is C9H14N2O2. The van der Waals surface area contributed by atoms with Gasteiger partial charge in [-0.2, -0.15) is 0 Å². The number of carbonyl (C=O) groups is 2. The molecule has 4 nitrogen and oxygen atoms in total. The average molecular weight is 182 g/mol. The normalized spacial score (nSPS) is 21.8. The fraction of sp³-hybridized carbons (Fsp3) is 0.778. The Balaban J connectivity index is 1.65. The molecule has 2 fully saturated rings. The lowest BCUT2D eigenvalue weighted by molar-refractivity contribution is -0.133. The Bertz CT molecular complexity index is 232. The smallest absolute Gasteiger partial charge is 0.241 e. The molecule has 0 spiro atoms. The monoisotopic (exact) mass is 182 g/mol. The highest BCUT2D eigenvalue weighted by atomic mass is 16.2. The van der Waals surface area contributed by atoms with Crippen LogP contribution in [0.1, 0.15) is 32.1 Å². The van der Waals surface area contributed by atoms with Gasteiger partial charge in [0.1, 0.15) is 0 Å². The second-order valence-corrected chi connectivity index (χ2v) is 3.88. The van der Waals surface area contributed by atoms with Crippen LogP contribution in [0.3, 0.4) is 0 Å². The maximum Gasteiger partial charge on any atom is 0.241 e. The van der Waals surface area contributed by atoms with E-state index in [1.165, 1.54) is 0 Å². The van der Waals surface area contributed by atoms with Gasteiger partial charge in [0, 0.05) is 11.8 Å². The minimum atomic E-state index is -0.0346. The second-order valence-electron chi connectivity index (χ2n) is 3.88. The van der Waals surface area contributed by atoms with Gasteiger partial charge in [-0.3, -0.25) is 20.4 Å². The van der Waals surface area contributed by atoms with Gasteiger partial charge >= 0.3 is 0 Å². The Kier molecular flexibility index (Phi) is 2.20. The minimum absolute atomic E-state index is 0.0275. The molecule has 0 saturated heterocycles. The standard InChI is InChI=1S/C9H14N2O2/c12-8(6-2-1-3-6)10-11-9(13)7-4-5-7/h6-7H,1-5H2,(H,10,12)(H,11,13). The van der Waals surface area contributed by atoms with Crippen molar-refractivity contribution in [3.63, 3.8) is 0 Å². The molecule has 2 aliphatic rings. The zero-order valence-electron chi connectivity index (χ0n) is 7.51. The van der Waals surface area contributed by atoms with Crippen LogP contribution in [0.25, 0.3) is 0 Å². The largest absolute Gasteiger partial charge is 0.273 e. The van der Waals surface area contributed by atoms with Gasteiger partial charge in [-0.05, 0) is 25.7 Å². The first kappa shape index (κ1) is 8.53. The summed E-state index contributed by atoms with van der Waals surface area (Å²) in [4.78, 5) is 22.4. The van der Waals surface area contributed by atoms with Crippen molar-refractivity contribution in [2.75, 3.05) is 0 Å². The zero-order chi connectivity index (χ0) is 9.26. The molecule has 0 atom stereocenters. The summed E-state index contributed by atoms with van der Waals surface area (Å²) < 4.78 is 0. The van der Waals surface area contributed by atoms with Crippen LogP contribution >= 0.6 is 0 Å². The molecule has 2 aliphatic carbocycles. The molecular weight excluding hydrogens is 168 g/mol. The van der Waals surface area contributed by atoms with E-state index in [4.69, 9.17) is 0 Å². The molecule has 13 heavy (non-hydrogen) atoms. The number of hydrogen-bond acceptors (Lipinski definition) is 2. The highest BCUT2D eigenvalue weighted by molar-refractivity contribution is 5.85. The summed E-state index contributed by atoms with van der Waals surface area (Å²) in [6, 6.07) is 0. The Hall–Kier alpha value is -1.06. The van der Waals surface area contributed by atoms with Crippen molar-refractivity contribution >= 4 is 11.8 Å². The number of hydrogen-bond donors (Lipinski definition) is 2. The average Bonchev–Trinajstić information content (AvgIpc) is 2.78. The molecule has 2 amide bonds. The maximum atomic E-state index is 11.2. The molecule has 0 unspecified atom stereocenters. The van der Waals surface area contributed by atoms with E-state index in [9.17, 15) is 9.59 Å². The predicted molar refractivity (Wildman–Crippen MR) is 46.4 cm³/mol. The van der Waals surface area contributed by atoms with Crippen LogP contribution in [0, 0.1) is 11.8 Å². The van der Waals surface area contributed by atoms with E-state index >= 15 is 0 Å². The van der Waals surface area contributed by atoms with Crippen LogP contribution in [0.4, 0.5) is 0 Å². The van der Waals surface area contributed by atoms with E-state index < -0.39 is 0 Å². The number of amides is 2. The number of nitrogens with one attached hydrogen (secondary N) is 2. The topological polar surface area (TPSA) is 58.2 Å². The van der Waals surface area contributed by atoms with Crippen molar-refractivity contribution in [1.29, 1.82) is 0 Å². The molecule has 2 rings (SSSR count). The lowest BCUT2D eigenvalue weighted by atomic mass is 9.85. The third-order valence-corrected chi connectivity index (χ3v) is 2.73. The minimum Gasteiger partial charge on any atom is -0.273 e. The van der Waals surface area contributed by atoms with Gasteiger partial charge in [-0.15, -0.1) is 0 Å². The third kappa shape index (κ3) is 1.99. The molecule has 2 saturated carbocycles. The van der Waals surface area contributed by atoms with Crippen molar-refractivity contribution in [2.24, 2.45) is 11.8 Å². The lowest BCUT2D eigenvalue weighted by Gasteiger charge is -2.23. The maximum absolute atomic E-state index is 11.2. The fourth-order valence-electron chi connectivity index (χ4n) is 1.34. The summed E-state index contributed by atoms with van der Waals surface area (Å²) in [7, 11) is 0. The summed E-state index contributed by atoms with van der Waals surface area (Å²) in [5.41, 5.74) is 4.92. The Morgan fingerprint density at radius 3 is 1.62 bits per heavy atom. The molecule has 0 aromatic heterocycles. The predicted octanol–water partition coefficient (Wildman–Crippen LogP) is 0.344. The fourth-order valence-corrected chi connectivity index (χ4v) is 1.34. The van der Waals surface area contributed by atoms with Crippen molar-refractivity contribution in [1.82, 2.24) is 10.9 Å². The number of hydrazine groups is 1. The summed E-state index contributed by atoms with van der Waals surface area (Å²) in [5, 5.41) is 0. The highest BCUT2D eigenvalue weighted by Crippen LogP contribution is 2.28. The Labute approximate surface area is 77.0 Å². The van der Waals surface area contributed by atoms with Crippen molar-refractivity contribution in [3.8, 4) is 0 Å². The number of rotatable bonds is 2. The number of carbonyl (C=O) groups excluding carboxylic acids is 2. The molecule has 0 bridgehead atoms.